The Balaban J connectivity index is 1.33. The average Bonchev–Trinajstić information content (AvgIpc) is 3.31. The fraction of sp³-hybridized carbons (Fsp3) is 0.500. The molecule has 3 aromatic heterocycles. The van der Waals surface area contributed by atoms with Gasteiger partial charge in [0.25, 0.3) is 5.91 Å². The van der Waals surface area contributed by atoms with Crippen LogP contribution in [0.15, 0.2) is 29.9 Å². The molecule has 2 amide bonds. The Morgan fingerprint density at radius 2 is 2.00 bits per heavy atom. The number of halogens is 1. The van der Waals surface area contributed by atoms with Crippen LogP contribution in [0, 0.1) is 11.7 Å². The van der Waals surface area contributed by atoms with Crippen LogP contribution in [0.25, 0.3) is 10.2 Å². The van der Waals surface area contributed by atoms with E-state index in [9.17, 15) is 14.0 Å². The van der Waals surface area contributed by atoms with Crippen molar-refractivity contribution in [2.24, 2.45) is 5.92 Å². The van der Waals surface area contributed by atoms with Crippen LogP contribution in [0.4, 0.5) is 15.1 Å². The van der Waals surface area contributed by atoms with Gasteiger partial charge in [-0.2, -0.15) is 0 Å². The number of pyridine rings is 1. The SMILES string of the molecule is CC(Nc1nc(C(=O)NCCC2CCN(C(=O)OC(C)(C)C)CC2)c2sccc2n1)c1cncc(F)c1. The van der Waals surface area contributed by atoms with E-state index in [1.54, 1.807) is 11.1 Å². The number of nitrogens with zero attached hydrogens (tertiary/aromatic N) is 4. The lowest BCUT2D eigenvalue weighted by Gasteiger charge is -2.33. The molecule has 0 aromatic carbocycles. The number of hydrogen-bond acceptors (Lipinski definition) is 8. The van der Waals surface area contributed by atoms with Crippen molar-refractivity contribution < 1.29 is 18.7 Å². The number of thiophene rings is 1. The summed E-state index contributed by atoms with van der Waals surface area (Å²) >= 11 is 1.41. The molecule has 1 aliphatic heterocycles. The maximum atomic E-state index is 13.6. The highest BCUT2D eigenvalue weighted by Crippen LogP contribution is 2.26. The maximum absolute atomic E-state index is 13.6. The van der Waals surface area contributed by atoms with Crippen molar-refractivity contribution in [3.63, 3.8) is 0 Å². The lowest BCUT2D eigenvalue weighted by molar-refractivity contribution is 0.0181. The van der Waals surface area contributed by atoms with Gasteiger partial charge in [-0.1, -0.05) is 0 Å². The van der Waals surface area contributed by atoms with Crippen molar-refractivity contribution in [2.75, 3.05) is 25.0 Å². The molecule has 11 heteroatoms. The Morgan fingerprint density at radius 3 is 2.70 bits per heavy atom. The summed E-state index contributed by atoms with van der Waals surface area (Å²) in [6.45, 7) is 9.27. The predicted octanol–water partition coefficient (Wildman–Crippen LogP) is 5.17. The van der Waals surface area contributed by atoms with Crippen molar-refractivity contribution in [1.29, 1.82) is 0 Å². The number of piperidine rings is 1. The molecule has 4 rings (SSSR count). The Labute approximate surface area is 219 Å². The molecular weight excluding hydrogens is 495 g/mol. The molecule has 198 valence electrons. The smallest absolute Gasteiger partial charge is 0.410 e. The standard InChI is InChI=1S/C26H33FN6O3S/c1-16(18-13-19(27)15-28-14-18)30-24-31-20-8-12-37-22(20)21(32-24)23(34)29-9-5-17-6-10-33(11-7-17)25(35)36-26(2,3)4/h8,12-17H,5-7,9-11H2,1-4H3,(H,29,34)(H,30,31,32). The molecule has 37 heavy (non-hydrogen) atoms. The molecule has 4 heterocycles. The second kappa shape index (κ2) is 11.4. The summed E-state index contributed by atoms with van der Waals surface area (Å²) in [5, 5.41) is 8.02. The molecule has 3 aromatic rings. The molecule has 1 aliphatic rings. The number of carbonyl (C=O) groups is 2. The molecule has 1 unspecified atom stereocenters. The number of likely N-dealkylation sites (tertiary alicyclic amines) is 1. The summed E-state index contributed by atoms with van der Waals surface area (Å²) in [5.74, 6) is 0.0338. The van der Waals surface area contributed by atoms with Crippen molar-refractivity contribution in [3.8, 4) is 0 Å². The van der Waals surface area contributed by atoms with Gasteiger partial charge >= 0.3 is 6.09 Å². The number of aromatic nitrogens is 3. The summed E-state index contributed by atoms with van der Waals surface area (Å²) < 4.78 is 19.8. The van der Waals surface area contributed by atoms with E-state index >= 15 is 0 Å². The number of anilines is 1. The van der Waals surface area contributed by atoms with Gasteiger partial charge in [-0.15, -0.1) is 11.3 Å². The summed E-state index contributed by atoms with van der Waals surface area (Å²) in [6, 6.07) is 2.94. The predicted molar refractivity (Wildman–Crippen MR) is 141 cm³/mol. The quantitative estimate of drug-likeness (QED) is 0.436. The van der Waals surface area contributed by atoms with Crippen LogP contribution in [0.5, 0.6) is 0 Å². The van der Waals surface area contributed by atoms with Crippen molar-refractivity contribution >= 4 is 39.5 Å². The van der Waals surface area contributed by atoms with Crippen molar-refractivity contribution in [3.05, 3.63) is 47.0 Å². The fourth-order valence-corrected chi connectivity index (χ4v) is 5.05. The molecule has 0 saturated carbocycles. The molecular formula is C26H33FN6O3S. The van der Waals surface area contributed by atoms with Gasteiger partial charge in [0, 0.05) is 25.8 Å². The van der Waals surface area contributed by atoms with Crippen LogP contribution in [-0.2, 0) is 4.74 Å². The van der Waals surface area contributed by atoms with Gasteiger partial charge in [0.15, 0.2) is 5.69 Å². The second-order valence-electron chi connectivity index (χ2n) is 10.3. The Hall–Kier alpha value is -3.34. The van der Waals surface area contributed by atoms with Crippen molar-refractivity contribution in [1.82, 2.24) is 25.2 Å². The van der Waals surface area contributed by atoms with Gasteiger partial charge in [0.1, 0.15) is 11.4 Å². The molecule has 1 atom stereocenters. The third-order valence-corrected chi connectivity index (χ3v) is 7.11. The minimum atomic E-state index is -0.503. The van der Waals surface area contributed by atoms with Gasteiger partial charge in [0.2, 0.25) is 5.95 Å². The van der Waals surface area contributed by atoms with Gasteiger partial charge in [-0.3, -0.25) is 9.78 Å². The molecule has 0 aliphatic carbocycles. The summed E-state index contributed by atoms with van der Waals surface area (Å²) in [7, 11) is 0. The third-order valence-electron chi connectivity index (χ3n) is 6.19. The minimum Gasteiger partial charge on any atom is -0.444 e. The summed E-state index contributed by atoms with van der Waals surface area (Å²) in [6.07, 6.45) is 5.03. The highest BCUT2D eigenvalue weighted by molar-refractivity contribution is 7.17. The van der Waals surface area contributed by atoms with Gasteiger partial charge in [-0.05, 0) is 76.0 Å². The van der Waals surface area contributed by atoms with Gasteiger partial charge < -0.3 is 20.3 Å². The zero-order valence-electron chi connectivity index (χ0n) is 21.6. The van der Waals surface area contributed by atoms with Crippen LogP contribution in [0.3, 0.4) is 0 Å². The third kappa shape index (κ3) is 7.12. The van der Waals surface area contributed by atoms with Crippen LogP contribution >= 0.6 is 11.3 Å². The second-order valence-corrected chi connectivity index (χ2v) is 11.2. The molecule has 0 bridgehead atoms. The highest BCUT2D eigenvalue weighted by Gasteiger charge is 2.27. The van der Waals surface area contributed by atoms with Crippen LogP contribution in [0.2, 0.25) is 0 Å². The van der Waals surface area contributed by atoms with E-state index in [4.69, 9.17) is 4.74 Å². The number of rotatable bonds is 7. The normalized spacial score (nSPS) is 15.4. The largest absolute Gasteiger partial charge is 0.444 e. The van der Waals surface area contributed by atoms with Crippen molar-refractivity contribution in [2.45, 2.75) is 58.6 Å². The summed E-state index contributed by atoms with van der Waals surface area (Å²) in [4.78, 5) is 40.0. The molecule has 0 spiro atoms. The Morgan fingerprint density at radius 1 is 1.24 bits per heavy atom. The molecule has 1 fully saturated rings. The first-order valence-corrected chi connectivity index (χ1v) is 13.4. The van der Waals surface area contributed by atoms with E-state index in [0.717, 1.165) is 25.5 Å². The molecule has 2 N–H and O–H groups in total. The van der Waals surface area contributed by atoms with Gasteiger partial charge in [0.05, 0.1) is 22.5 Å². The highest BCUT2D eigenvalue weighted by atomic mass is 32.1. The van der Waals surface area contributed by atoms with Gasteiger partial charge in [-0.25, -0.2) is 19.2 Å². The summed E-state index contributed by atoms with van der Waals surface area (Å²) in [5.41, 5.74) is 1.13. The lowest BCUT2D eigenvalue weighted by atomic mass is 9.94. The first kappa shape index (κ1) is 26.7. The lowest BCUT2D eigenvalue weighted by Crippen LogP contribution is -2.42. The Bertz CT molecular complexity index is 1250. The number of hydrogen-bond donors (Lipinski definition) is 2. The first-order chi connectivity index (χ1) is 17.6. The number of ether oxygens (including phenoxy) is 1. The van der Waals surface area contributed by atoms with Crippen LogP contribution in [0.1, 0.15) is 69.1 Å². The number of nitrogens with one attached hydrogen (secondary N) is 2. The zero-order chi connectivity index (χ0) is 26.6. The van der Waals surface area contributed by atoms with E-state index < -0.39 is 11.4 Å². The minimum absolute atomic E-state index is 0.260. The maximum Gasteiger partial charge on any atom is 0.410 e. The van der Waals surface area contributed by atoms with Crippen LogP contribution < -0.4 is 10.6 Å². The molecule has 0 radical (unpaired) electrons. The number of amides is 2. The first-order valence-electron chi connectivity index (χ1n) is 12.5. The van der Waals surface area contributed by atoms with E-state index in [1.807, 2.05) is 39.1 Å². The molecule has 1 saturated heterocycles. The topological polar surface area (TPSA) is 109 Å². The van der Waals surface area contributed by atoms with E-state index in [0.29, 0.717) is 53.0 Å². The molecule has 9 nitrogen and oxygen atoms in total. The average molecular weight is 529 g/mol. The number of carbonyl (C=O) groups excluding carboxylic acids is 2. The zero-order valence-corrected chi connectivity index (χ0v) is 22.4. The number of fused-ring (bicyclic) bond motifs is 1. The van der Waals surface area contributed by atoms with E-state index in [1.165, 1.54) is 17.4 Å². The van der Waals surface area contributed by atoms with E-state index in [2.05, 4.69) is 25.6 Å². The Kier molecular flexibility index (Phi) is 8.21. The fourth-order valence-electron chi connectivity index (χ4n) is 4.23. The van der Waals surface area contributed by atoms with Crippen LogP contribution in [-0.4, -0.2) is 57.1 Å². The monoisotopic (exact) mass is 528 g/mol. The van der Waals surface area contributed by atoms with E-state index in [-0.39, 0.29) is 18.0 Å².